The Balaban J connectivity index is 2.86. The molecule has 1 heterocycles. The van der Waals surface area contributed by atoms with Gasteiger partial charge in [0.1, 0.15) is 11.6 Å². The van der Waals surface area contributed by atoms with Crippen molar-refractivity contribution in [3.8, 4) is 0 Å². The molecular weight excluding hydrogens is 230 g/mol. The van der Waals surface area contributed by atoms with Crippen LogP contribution in [0.4, 0.5) is 5.82 Å². The van der Waals surface area contributed by atoms with Gasteiger partial charge in [-0.1, -0.05) is 20.8 Å². The molecule has 0 aliphatic rings. The molecule has 1 rings (SSSR count). The summed E-state index contributed by atoms with van der Waals surface area (Å²) in [5.74, 6) is 1.31. The lowest BCUT2D eigenvalue weighted by atomic mass is 9.92. The molecule has 3 nitrogen and oxygen atoms in total. The molecule has 0 bridgehead atoms. The summed E-state index contributed by atoms with van der Waals surface area (Å²) in [4.78, 5) is 8.36. The zero-order chi connectivity index (χ0) is 10.1. The number of hydrogen-bond acceptors (Lipinski definition) is 3. The van der Waals surface area contributed by atoms with Gasteiger partial charge in [-0.15, -0.1) is 0 Å². The third kappa shape index (κ3) is 3.30. The average molecular weight is 244 g/mol. The lowest BCUT2D eigenvalue weighted by molar-refractivity contribution is 0.401. The highest BCUT2D eigenvalue weighted by molar-refractivity contribution is 9.10. The van der Waals surface area contributed by atoms with E-state index in [0.717, 1.165) is 16.7 Å². The summed E-state index contributed by atoms with van der Waals surface area (Å²) < 4.78 is 0.755. The maximum absolute atomic E-state index is 5.64. The lowest BCUT2D eigenvalue weighted by Crippen LogP contribution is -2.12. The van der Waals surface area contributed by atoms with Crippen molar-refractivity contribution in [3.05, 3.63) is 16.5 Å². The molecule has 0 amide bonds. The third-order valence-electron chi connectivity index (χ3n) is 1.51. The molecule has 0 aliphatic heterocycles. The standard InChI is InChI=1S/C9H14BrN3/c1-9(2,3)4-7-12-5-6(10)8(11)13-7/h5H,4H2,1-3H3,(H2,11,12,13). The fourth-order valence-corrected chi connectivity index (χ4v) is 1.17. The van der Waals surface area contributed by atoms with Crippen molar-refractivity contribution >= 4 is 21.7 Å². The van der Waals surface area contributed by atoms with Crippen LogP contribution in [-0.2, 0) is 6.42 Å². The van der Waals surface area contributed by atoms with E-state index in [-0.39, 0.29) is 5.41 Å². The molecule has 2 N–H and O–H groups in total. The van der Waals surface area contributed by atoms with Gasteiger partial charge in [0.15, 0.2) is 0 Å². The monoisotopic (exact) mass is 243 g/mol. The summed E-state index contributed by atoms with van der Waals surface area (Å²) in [5, 5.41) is 0. The Bertz CT molecular complexity index is 304. The number of hydrogen-bond donors (Lipinski definition) is 1. The maximum Gasteiger partial charge on any atom is 0.141 e. The molecule has 0 aromatic carbocycles. The van der Waals surface area contributed by atoms with Crippen LogP contribution in [0, 0.1) is 5.41 Å². The molecule has 0 saturated carbocycles. The van der Waals surface area contributed by atoms with Gasteiger partial charge in [-0.2, -0.15) is 0 Å². The molecule has 1 aromatic rings. The van der Waals surface area contributed by atoms with E-state index in [1.807, 2.05) is 0 Å². The number of aromatic nitrogens is 2. The summed E-state index contributed by atoms with van der Waals surface area (Å²) >= 11 is 3.26. The molecule has 0 spiro atoms. The van der Waals surface area contributed by atoms with Gasteiger partial charge in [-0.25, -0.2) is 9.97 Å². The summed E-state index contributed by atoms with van der Waals surface area (Å²) in [6.45, 7) is 6.44. The molecule has 13 heavy (non-hydrogen) atoms. The lowest BCUT2D eigenvalue weighted by Gasteiger charge is -2.16. The van der Waals surface area contributed by atoms with E-state index in [9.17, 15) is 0 Å². The van der Waals surface area contributed by atoms with Gasteiger partial charge in [0.25, 0.3) is 0 Å². The highest BCUT2D eigenvalue weighted by Crippen LogP contribution is 2.21. The van der Waals surface area contributed by atoms with Crippen LogP contribution in [0.5, 0.6) is 0 Å². The predicted molar refractivity (Wildman–Crippen MR) is 57.3 cm³/mol. The Labute approximate surface area is 86.9 Å². The van der Waals surface area contributed by atoms with Gasteiger partial charge in [-0.3, -0.25) is 0 Å². The Hall–Kier alpha value is -0.640. The van der Waals surface area contributed by atoms with Gasteiger partial charge >= 0.3 is 0 Å². The highest BCUT2D eigenvalue weighted by atomic mass is 79.9. The van der Waals surface area contributed by atoms with Crippen LogP contribution in [0.25, 0.3) is 0 Å². The molecule has 0 unspecified atom stereocenters. The number of nitrogens with two attached hydrogens (primary N) is 1. The second kappa shape index (κ2) is 3.62. The van der Waals surface area contributed by atoms with Crippen LogP contribution in [-0.4, -0.2) is 9.97 Å². The Kier molecular flexibility index (Phi) is 2.91. The normalized spacial score (nSPS) is 11.7. The Morgan fingerprint density at radius 2 is 2.08 bits per heavy atom. The van der Waals surface area contributed by atoms with Gasteiger partial charge in [-0.05, 0) is 21.3 Å². The van der Waals surface area contributed by atoms with Crippen LogP contribution >= 0.6 is 15.9 Å². The molecule has 72 valence electrons. The van der Waals surface area contributed by atoms with Gasteiger partial charge in [0.2, 0.25) is 0 Å². The summed E-state index contributed by atoms with van der Waals surface area (Å²) in [5.41, 5.74) is 5.84. The fourth-order valence-electron chi connectivity index (χ4n) is 0.978. The van der Waals surface area contributed by atoms with Gasteiger partial charge < -0.3 is 5.73 Å². The zero-order valence-corrected chi connectivity index (χ0v) is 9.72. The number of nitrogens with zero attached hydrogens (tertiary/aromatic N) is 2. The summed E-state index contributed by atoms with van der Waals surface area (Å²) in [7, 11) is 0. The van der Waals surface area contributed by atoms with E-state index in [1.54, 1.807) is 6.20 Å². The van der Waals surface area contributed by atoms with E-state index in [1.165, 1.54) is 0 Å². The number of nitrogen functional groups attached to an aromatic ring is 1. The van der Waals surface area contributed by atoms with Crippen LogP contribution in [0.15, 0.2) is 10.7 Å². The van der Waals surface area contributed by atoms with Crippen molar-refractivity contribution in [3.63, 3.8) is 0 Å². The molecule has 4 heteroatoms. The van der Waals surface area contributed by atoms with E-state index in [4.69, 9.17) is 5.73 Å². The average Bonchev–Trinajstić information content (AvgIpc) is 1.94. The van der Waals surface area contributed by atoms with Crippen molar-refractivity contribution in [2.24, 2.45) is 5.41 Å². The zero-order valence-electron chi connectivity index (χ0n) is 8.13. The molecule has 0 saturated heterocycles. The number of halogens is 1. The molecule has 0 radical (unpaired) electrons. The molecule has 1 aromatic heterocycles. The van der Waals surface area contributed by atoms with Crippen LogP contribution < -0.4 is 5.73 Å². The van der Waals surface area contributed by atoms with Crippen LogP contribution in [0.1, 0.15) is 26.6 Å². The van der Waals surface area contributed by atoms with E-state index in [2.05, 4.69) is 46.7 Å². The maximum atomic E-state index is 5.64. The van der Waals surface area contributed by atoms with Crippen molar-refractivity contribution in [1.29, 1.82) is 0 Å². The van der Waals surface area contributed by atoms with E-state index < -0.39 is 0 Å². The van der Waals surface area contributed by atoms with Crippen molar-refractivity contribution < 1.29 is 0 Å². The van der Waals surface area contributed by atoms with Crippen LogP contribution in [0.3, 0.4) is 0 Å². The van der Waals surface area contributed by atoms with Crippen molar-refractivity contribution in [2.75, 3.05) is 5.73 Å². The highest BCUT2D eigenvalue weighted by Gasteiger charge is 2.13. The van der Waals surface area contributed by atoms with E-state index >= 15 is 0 Å². The first-order valence-electron chi connectivity index (χ1n) is 4.15. The Morgan fingerprint density at radius 1 is 1.46 bits per heavy atom. The molecule has 0 atom stereocenters. The SMILES string of the molecule is CC(C)(C)Cc1ncc(Br)c(N)n1. The number of rotatable bonds is 1. The number of anilines is 1. The second-order valence-corrected chi connectivity index (χ2v) is 5.11. The quantitative estimate of drug-likeness (QED) is 0.825. The summed E-state index contributed by atoms with van der Waals surface area (Å²) in [6, 6.07) is 0. The predicted octanol–water partition coefficient (Wildman–Crippen LogP) is 2.41. The topological polar surface area (TPSA) is 51.8 Å². The minimum Gasteiger partial charge on any atom is -0.383 e. The minimum atomic E-state index is 0.195. The first kappa shape index (κ1) is 10.4. The molecule has 0 aliphatic carbocycles. The third-order valence-corrected chi connectivity index (χ3v) is 2.12. The Morgan fingerprint density at radius 3 is 2.54 bits per heavy atom. The van der Waals surface area contributed by atoms with Crippen molar-refractivity contribution in [1.82, 2.24) is 9.97 Å². The summed E-state index contributed by atoms with van der Waals surface area (Å²) in [6.07, 6.45) is 2.54. The molecule has 0 fully saturated rings. The first-order valence-corrected chi connectivity index (χ1v) is 4.95. The fraction of sp³-hybridized carbons (Fsp3) is 0.556. The van der Waals surface area contributed by atoms with Gasteiger partial charge in [0, 0.05) is 12.6 Å². The van der Waals surface area contributed by atoms with E-state index in [0.29, 0.717) is 5.82 Å². The van der Waals surface area contributed by atoms with Gasteiger partial charge in [0.05, 0.1) is 4.47 Å². The molecular formula is C9H14BrN3. The first-order chi connectivity index (χ1) is 5.88. The minimum absolute atomic E-state index is 0.195. The smallest absolute Gasteiger partial charge is 0.141 e. The van der Waals surface area contributed by atoms with Crippen LogP contribution in [0.2, 0.25) is 0 Å². The second-order valence-electron chi connectivity index (χ2n) is 4.26. The van der Waals surface area contributed by atoms with Crippen molar-refractivity contribution in [2.45, 2.75) is 27.2 Å². The largest absolute Gasteiger partial charge is 0.383 e.